The number of hydrogen-bond donors (Lipinski definition) is 3. The lowest BCUT2D eigenvalue weighted by Crippen LogP contribution is -2.60. The molecule has 0 aliphatic carbocycles. The molecule has 3 N–H and O–H groups in total. The highest BCUT2D eigenvalue weighted by Crippen LogP contribution is 2.15. The number of hydrogen-bond acceptors (Lipinski definition) is 5. The van der Waals surface area contributed by atoms with Crippen LogP contribution in [0.1, 0.15) is 10.4 Å². The number of amides is 4. The number of imide groups is 2. The van der Waals surface area contributed by atoms with Gasteiger partial charge in [0.2, 0.25) is 0 Å². The van der Waals surface area contributed by atoms with Crippen LogP contribution < -0.4 is 15.4 Å². The number of benzene rings is 1. The van der Waals surface area contributed by atoms with E-state index in [0.29, 0.717) is 0 Å². The minimum atomic E-state index is -1.54. The molecule has 1 saturated heterocycles. The van der Waals surface area contributed by atoms with Gasteiger partial charge in [-0.15, -0.1) is 0 Å². The average molecular weight is 264 g/mol. The van der Waals surface area contributed by atoms with Crippen LogP contribution in [0.25, 0.3) is 0 Å². The van der Waals surface area contributed by atoms with Gasteiger partial charge in [-0.2, -0.15) is 0 Å². The second-order valence-corrected chi connectivity index (χ2v) is 3.64. The number of nitrogens with one attached hydrogen (secondary N) is 2. The fourth-order valence-electron chi connectivity index (χ4n) is 1.45. The Hall–Kier alpha value is -2.90. The molecule has 1 aliphatic rings. The van der Waals surface area contributed by atoms with Gasteiger partial charge in [0.1, 0.15) is 5.75 Å². The first-order valence-electron chi connectivity index (χ1n) is 5.13. The third-order valence-corrected chi connectivity index (χ3v) is 2.28. The topological polar surface area (TPSA) is 122 Å². The first kappa shape index (κ1) is 12.6. The van der Waals surface area contributed by atoms with E-state index in [9.17, 15) is 19.2 Å². The molecule has 1 aromatic rings. The maximum atomic E-state index is 11.4. The van der Waals surface area contributed by atoms with Gasteiger partial charge in [0, 0.05) is 0 Å². The van der Waals surface area contributed by atoms with Gasteiger partial charge in [0.05, 0.1) is 5.56 Å². The number of urea groups is 1. The van der Waals surface area contributed by atoms with Gasteiger partial charge >= 0.3 is 12.0 Å². The Labute approximate surface area is 106 Å². The second-order valence-electron chi connectivity index (χ2n) is 3.64. The molecule has 0 aromatic heterocycles. The summed E-state index contributed by atoms with van der Waals surface area (Å²) in [5.41, 5.74) is -0.0507. The van der Waals surface area contributed by atoms with Crippen LogP contribution in [0.3, 0.4) is 0 Å². The zero-order chi connectivity index (χ0) is 14.0. The van der Waals surface area contributed by atoms with Crippen LogP contribution in [-0.2, 0) is 9.59 Å². The number of barbiturate groups is 1. The Morgan fingerprint density at radius 3 is 2.37 bits per heavy atom. The van der Waals surface area contributed by atoms with Crippen LogP contribution in [0.4, 0.5) is 4.79 Å². The Morgan fingerprint density at radius 2 is 1.79 bits per heavy atom. The van der Waals surface area contributed by atoms with E-state index in [1.165, 1.54) is 24.3 Å². The first-order chi connectivity index (χ1) is 8.97. The lowest BCUT2D eigenvalue weighted by Gasteiger charge is -2.21. The van der Waals surface area contributed by atoms with Gasteiger partial charge in [-0.1, -0.05) is 6.07 Å². The number of ether oxygens (including phenoxy) is 1. The van der Waals surface area contributed by atoms with Crippen LogP contribution in [-0.4, -0.2) is 35.0 Å². The zero-order valence-corrected chi connectivity index (χ0v) is 9.38. The molecular weight excluding hydrogens is 256 g/mol. The predicted molar refractivity (Wildman–Crippen MR) is 59.5 cm³/mol. The predicted octanol–water partition coefficient (Wildman–Crippen LogP) is -0.502. The zero-order valence-electron chi connectivity index (χ0n) is 9.38. The van der Waals surface area contributed by atoms with Crippen LogP contribution >= 0.6 is 0 Å². The summed E-state index contributed by atoms with van der Waals surface area (Å²) in [6.45, 7) is 0. The quantitative estimate of drug-likeness (QED) is 0.632. The van der Waals surface area contributed by atoms with Crippen molar-refractivity contribution in [3.05, 3.63) is 29.8 Å². The summed E-state index contributed by atoms with van der Waals surface area (Å²) in [6.07, 6.45) is -1.54. The molecule has 8 heteroatoms. The highest BCUT2D eigenvalue weighted by molar-refractivity contribution is 6.18. The van der Waals surface area contributed by atoms with Crippen molar-refractivity contribution < 1.29 is 29.0 Å². The van der Waals surface area contributed by atoms with Gasteiger partial charge in [0.25, 0.3) is 17.9 Å². The average Bonchev–Trinajstić information content (AvgIpc) is 2.34. The third-order valence-electron chi connectivity index (χ3n) is 2.28. The molecule has 0 unspecified atom stereocenters. The normalized spacial score (nSPS) is 15.7. The lowest BCUT2D eigenvalue weighted by atomic mass is 10.2. The van der Waals surface area contributed by atoms with Crippen molar-refractivity contribution in [2.45, 2.75) is 6.10 Å². The highest BCUT2D eigenvalue weighted by atomic mass is 16.5. The number of rotatable bonds is 3. The maximum absolute atomic E-state index is 11.4. The summed E-state index contributed by atoms with van der Waals surface area (Å²) in [4.78, 5) is 44.4. The Bertz CT molecular complexity index is 562. The smallest absolute Gasteiger partial charge is 0.335 e. The van der Waals surface area contributed by atoms with Crippen molar-refractivity contribution in [3.8, 4) is 5.75 Å². The van der Waals surface area contributed by atoms with Crippen molar-refractivity contribution in [1.29, 1.82) is 0 Å². The molecule has 0 atom stereocenters. The number of carboxylic acid groups (broad SMARTS) is 1. The molecular formula is C11H8N2O6. The van der Waals surface area contributed by atoms with Crippen LogP contribution in [0.5, 0.6) is 5.75 Å². The number of aromatic carboxylic acids is 1. The summed E-state index contributed by atoms with van der Waals surface area (Å²) < 4.78 is 5.08. The summed E-state index contributed by atoms with van der Waals surface area (Å²) in [5.74, 6) is -2.95. The lowest BCUT2D eigenvalue weighted by molar-refractivity contribution is -0.139. The van der Waals surface area contributed by atoms with Crippen LogP contribution in [0.2, 0.25) is 0 Å². The van der Waals surface area contributed by atoms with Crippen LogP contribution in [0, 0.1) is 0 Å². The molecule has 4 amide bonds. The van der Waals surface area contributed by atoms with E-state index in [1.807, 2.05) is 10.6 Å². The molecule has 2 rings (SSSR count). The highest BCUT2D eigenvalue weighted by Gasteiger charge is 2.36. The van der Waals surface area contributed by atoms with Gasteiger partial charge in [-0.3, -0.25) is 20.2 Å². The van der Waals surface area contributed by atoms with E-state index in [-0.39, 0.29) is 11.3 Å². The molecule has 1 aromatic carbocycles. The fraction of sp³-hybridized carbons (Fsp3) is 0.0909. The van der Waals surface area contributed by atoms with Crippen molar-refractivity contribution >= 4 is 23.8 Å². The molecule has 0 saturated carbocycles. The molecule has 8 nitrogen and oxygen atoms in total. The molecule has 1 heterocycles. The van der Waals surface area contributed by atoms with E-state index in [4.69, 9.17) is 9.84 Å². The SMILES string of the molecule is O=C1NC(=O)C(Oc2cccc(C(=O)O)c2)C(=O)N1. The maximum Gasteiger partial charge on any atom is 0.335 e. The van der Waals surface area contributed by atoms with Gasteiger partial charge in [0.15, 0.2) is 0 Å². The van der Waals surface area contributed by atoms with E-state index < -0.39 is 29.9 Å². The van der Waals surface area contributed by atoms with E-state index in [1.54, 1.807) is 0 Å². The Morgan fingerprint density at radius 1 is 1.16 bits per heavy atom. The third kappa shape index (κ3) is 2.68. The van der Waals surface area contributed by atoms with Gasteiger partial charge in [-0.05, 0) is 18.2 Å². The number of carboxylic acids is 1. The summed E-state index contributed by atoms with van der Waals surface area (Å²) in [7, 11) is 0. The standard InChI is InChI=1S/C11H8N2O6/c14-8-7(9(15)13-11(18)12-8)19-6-3-1-2-5(4-6)10(16)17/h1-4,7H,(H,16,17)(H2,12,13,14,15,18). The van der Waals surface area contributed by atoms with Crippen molar-refractivity contribution in [2.75, 3.05) is 0 Å². The molecule has 0 spiro atoms. The largest absolute Gasteiger partial charge is 0.478 e. The monoisotopic (exact) mass is 264 g/mol. The number of carbonyl (C=O) groups excluding carboxylic acids is 3. The van der Waals surface area contributed by atoms with E-state index in [0.717, 1.165) is 0 Å². The molecule has 0 radical (unpaired) electrons. The molecule has 98 valence electrons. The molecule has 1 fully saturated rings. The summed E-state index contributed by atoms with van der Waals surface area (Å²) in [6, 6.07) is 4.37. The molecule has 0 bridgehead atoms. The number of carbonyl (C=O) groups is 4. The molecule has 19 heavy (non-hydrogen) atoms. The van der Waals surface area contributed by atoms with E-state index in [2.05, 4.69) is 0 Å². The molecule has 1 aliphatic heterocycles. The Balaban J connectivity index is 2.18. The summed E-state index contributed by atoms with van der Waals surface area (Å²) >= 11 is 0. The van der Waals surface area contributed by atoms with Crippen molar-refractivity contribution in [3.63, 3.8) is 0 Å². The van der Waals surface area contributed by atoms with Crippen LogP contribution in [0.15, 0.2) is 24.3 Å². The minimum Gasteiger partial charge on any atom is -0.478 e. The Kier molecular flexibility index (Phi) is 3.15. The fourth-order valence-corrected chi connectivity index (χ4v) is 1.45. The van der Waals surface area contributed by atoms with E-state index >= 15 is 0 Å². The minimum absolute atomic E-state index is 0.0320. The second kappa shape index (κ2) is 4.77. The van der Waals surface area contributed by atoms with Gasteiger partial charge < -0.3 is 9.84 Å². The summed E-state index contributed by atoms with van der Waals surface area (Å²) in [5, 5.41) is 12.5. The first-order valence-corrected chi connectivity index (χ1v) is 5.13. The van der Waals surface area contributed by atoms with Crippen molar-refractivity contribution in [2.24, 2.45) is 0 Å². The van der Waals surface area contributed by atoms with Gasteiger partial charge in [-0.25, -0.2) is 9.59 Å². The van der Waals surface area contributed by atoms with Crippen molar-refractivity contribution in [1.82, 2.24) is 10.6 Å².